The second kappa shape index (κ2) is 9.77. The average Bonchev–Trinajstić information content (AvgIpc) is 3.15. The number of hydrogen-bond donors (Lipinski definition) is 1. The lowest BCUT2D eigenvalue weighted by Crippen LogP contribution is -1.99. The maximum Gasteiger partial charge on any atom is 0.120 e. The highest BCUT2D eigenvalue weighted by Gasteiger charge is 2.11. The smallest absolute Gasteiger partial charge is 0.120 e. The largest absolute Gasteiger partial charge is 0.489 e. The standard InChI is InChI=1S/C26H28N2OS/c1-3-16-28-25-15-14-24(29-19-20-8-6-5-7-9-20)17-22(25)18-26(28)21-10-12-23(13-11-21)27-30-4-2/h5-15,17-18,27H,3-4,16,19H2,1-2H3. The number of ether oxygens (including phenoxy) is 1. The number of aromatic nitrogens is 1. The minimum atomic E-state index is 0.582. The van der Waals surface area contributed by atoms with Crippen molar-refractivity contribution in [3.8, 4) is 17.0 Å². The first-order valence-electron chi connectivity index (χ1n) is 10.6. The SMILES string of the molecule is CCCn1c(-c2ccc(NSCC)cc2)cc2cc(OCc3ccccc3)ccc21. The van der Waals surface area contributed by atoms with Crippen LogP contribution in [0.2, 0.25) is 0 Å². The van der Waals surface area contributed by atoms with E-state index in [4.69, 9.17) is 4.74 Å². The predicted octanol–water partition coefficient (Wildman–Crippen LogP) is 7.38. The molecule has 4 rings (SSSR count). The van der Waals surface area contributed by atoms with Crippen LogP contribution < -0.4 is 9.46 Å². The molecule has 4 heteroatoms. The molecule has 1 heterocycles. The Morgan fingerprint density at radius 2 is 1.70 bits per heavy atom. The van der Waals surface area contributed by atoms with Crippen LogP contribution in [0.1, 0.15) is 25.8 Å². The molecule has 30 heavy (non-hydrogen) atoms. The molecule has 1 aromatic heterocycles. The van der Waals surface area contributed by atoms with Gasteiger partial charge < -0.3 is 14.0 Å². The highest BCUT2D eigenvalue weighted by molar-refractivity contribution is 8.00. The second-order valence-corrected chi connectivity index (χ2v) is 8.36. The number of nitrogens with one attached hydrogen (secondary N) is 1. The lowest BCUT2D eigenvalue weighted by Gasteiger charge is -2.11. The van der Waals surface area contributed by atoms with Crippen LogP contribution in [0.4, 0.5) is 5.69 Å². The van der Waals surface area contributed by atoms with Crippen LogP contribution in [0.25, 0.3) is 22.2 Å². The Balaban J connectivity index is 1.61. The third-order valence-electron chi connectivity index (χ3n) is 5.08. The first kappa shape index (κ1) is 20.4. The van der Waals surface area contributed by atoms with Crippen molar-refractivity contribution < 1.29 is 4.74 Å². The van der Waals surface area contributed by atoms with E-state index in [9.17, 15) is 0 Å². The molecule has 3 aromatic carbocycles. The number of fused-ring (bicyclic) bond motifs is 1. The molecule has 3 nitrogen and oxygen atoms in total. The van der Waals surface area contributed by atoms with Crippen molar-refractivity contribution in [2.45, 2.75) is 33.4 Å². The molecule has 0 unspecified atom stereocenters. The van der Waals surface area contributed by atoms with Crippen LogP contribution in [0, 0.1) is 0 Å². The Morgan fingerprint density at radius 1 is 0.900 bits per heavy atom. The molecule has 0 saturated carbocycles. The summed E-state index contributed by atoms with van der Waals surface area (Å²) in [6.45, 7) is 5.95. The highest BCUT2D eigenvalue weighted by atomic mass is 32.2. The molecular weight excluding hydrogens is 388 g/mol. The van der Waals surface area contributed by atoms with E-state index in [0.717, 1.165) is 30.2 Å². The predicted molar refractivity (Wildman–Crippen MR) is 130 cm³/mol. The van der Waals surface area contributed by atoms with Gasteiger partial charge in [-0.05, 0) is 53.9 Å². The normalized spacial score (nSPS) is 11.0. The summed E-state index contributed by atoms with van der Waals surface area (Å²) in [6.07, 6.45) is 1.09. The molecule has 0 amide bonds. The summed E-state index contributed by atoms with van der Waals surface area (Å²) in [5.74, 6) is 1.95. The van der Waals surface area contributed by atoms with Crippen LogP contribution in [0.5, 0.6) is 5.75 Å². The number of rotatable bonds is 9. The molecule has 0 bridgehead atoms. The van der Waals surface area contributed by atoms with Gasteiger partial charge in [0, 0.05) is 34.6 Å². The lowest BCUT2D eigenvalue weighted by molar-refractivity contribution is 0.306. The number of anilines is 1. The van der Waals surface area contributed by atoms with E-state index in [0.29, 0.717) is 6.61 Å². The van der Waals surface area contributed by atoms with Gasteiger partial charge in [0.2, 0.25) is 0 Å². The second-order valence-electron chi connectivity index (χ2n) is 7.29. The van der Waals surface area contributed by atoms with Gasteiger partial charge in [-0.3, -0.25) is 0 Å². The number of nitrogens with zero attached hydrogens (tertiary/aromatic N) is 1. The van der Waals surface area contributed by atoms with Gasteiger partial charge in [0.15, 0.2) is 0 Å². The topological polar surface area (TPSA) is 26.2 Å². The van der Waals surface area contributed by atoms with Crippen LogP contribution >= 0.6 is 11.9 Å². The summed E-state index contributed by atoms with van der Waals surface area (Å²) >= 11 is 1.71. The lowest BCUT2D eigenvalue weighted by atomic mass is 10.1. The van der Waals surface area contributed by atoms with Crippen LogP contribution in [-0.4, -0.2) is 10.3 Å². The van der Waals surface area contributed by atoms with Gasteiger partial charge in [0.05, 0.1) is 0 Å². The summed E-state index contributed by atoms with van der Waals surface area (Å²) in [6, 6.07) is 27.7. The van der Waals surface area contributed by atoms with Crippen molar-refractivity contribution in [1.29, 1.82) is 0 Å². The molecule has 154 valence electrons. The van der Waals surface area contributed by atoms with E-state index in [1.165, 1.54) is 27.7 Å². The zero-order valence-electron chi connectivity index (χ0n) is 17.6. The number of aryl methyl sites for hydroxylation is 1. The third kappa shape index (κ3) is 4.65. The van der Waals surface area contributed by atoms with Crippen LogP contribution in [-0.2, 0) is 13.2 Å². The summed E-state index contributed by atoms with van der Waals surface area (Å²) in [4.78, 5) is 0. The van der Waals surface area contributed by atoms with Gasteiger partial charge in [-0.1, -0.05) is 68.3 Å². The Labute approximate surface area is 183 Å². The van der Waals surface area contributed by atoms with Gasteiger partial charge in [-0.15, -0.1) is 0 Å². The molecular formula is C26H28N2OS. The summed E-state index contributed by atoms with van der Waals surface area (Å²) in [5.41, 5.74) is 6.06. The van der Waals surface area contributed by atoms with E-state index < -0.39 is 0 Å². The molecule has 0 radical (unpaired) electrons. The van der Waals surface area contributed by atoms with Gasteiger partial charge in [0.25, 0.3) is 0 Å². The van der Waals surface area contributed by atoms with Crippen LogP contribution in [0.15, 0.2) is 78.9 Å². The van der Waals surface area contributed by atoms with Crippen molar-refractivity contribution in [2.75, 3.05) is 10.5 Å². The Morgan fingerprint density at radius 3 is 2.43 bits per heavy atom. The minimum absolute atomic E-state index is 0.582. The summed E-state index contributed by atoms with van der Waals surface area (Å²) < 4.78 is 11.8. The average molecular weight is 417 g/mol. The Kier molecular flexibility index (Phi) is 6.65. The molecule has 0 atom stereocenters. The number of benzene rings is 3. The van der Waals surface area contributed by atoms with E-state index in [1.54, 1.807) is 11.9 Å². The zero-order chi connectivity index (χ0) is 20.8. The zero-order valence-corrected chi connectivity index (χ0v) is 18.4. The Hall–Kier alpha value is -2.85. The van der Waals surface area contributed by atoms with Gasteiger partial charge in [-0.2, -0.15) is 0 Å². The Bertz CT molecular complexity index is 1090. The highest BCUT2D eigenvalue weighted by Crippen LogP contribution is 2.32. The van der Waals surface area contributed by atoms with Crippen molar-refractivity contribution in [1.82, 2.24) is 4.57 Å². The summed E-state index contributed by atoms with van der Waals surface area (Å²) in [7, 11) is 0. The number of hydrogen-bond acceptors (Lipinski definition) is 3. The van der Waals surface area contributed by atoms with E-state index >= 15 is 0 Å². The fourth-order valence-electron chi connectivity index (χ4n) is 3.65. The molecule has 0 aliphatic carbocycles. The maximum atomic E-state index is 6.05. The van der Waals surface area contributed by atoms with Gasteiger partial charge in [0.1, 0.15) is 12.4 Å². The quantitative estimate of drug-likeness (QED) is 0.288. The summed E-state index contributed by atoms with van der Waals surface area (Å²) in [5, 5.41) is 1.22. The van der Waals surface area contributed by atoms with E-state index in [-0.39, 0.29) is 0 Å². The van der Waals surface area contributed by atoms with E-state index in [1.807, 2.05) is 18.2 Å². The molecule has 0 saturated heterocycles. The molecule has 0 fully saturated rings. The minimum Gasteiger partial charge on any atom is -0.489 e. The van der Waals surface area contributed by atoms with Gasteiger partial charge in [-0.25, -0.2) is 0 Å². The first-order chi connectivity index (χ1) is 14.8. The van der Waals surface area contributed by atoms with E-state index in [2.05, 4.69) is 83.8 Å². The molecule has 0 spiro atoms. The van der Waals surface area contributed by atoms with Crippen molar-refractivity contribution >= 4 is 28.5 Å². The molecule has 1 N–H and O–H groups in total. The van der Waals surface area contributed by atoms with Crippen LogP contribution in [0.3, 0.4) is 0 Å². The van der Waals surface area contributed by atoms with Crippen molar-refractivity contribution in [2.24, 2.45) is 0 Å². The van der Waals surface area contributed by atoms with Crippen molar-refractivity contribution in [3.05, 3.63) is 84.4 Å². The molecule has 0 aliphatic rings. The van der Waals surface area contributed by atoms with Crippen molar-refractivity contribution in [3.63, 3.8) is 0 Å². The molecule has 4 aromatic rings. The maximum absolute atomic E-state index is 6.05. The fourth-order valence-corrected chi connectivity index (χ4v) is 4.09. The molecule has 0 aliphatic heterocycles. The fraction of sp³-hybridized carbons (Fsp3) is 0.231. The monoisotopic (exact) mass is 416 g/mol. The first-order valence-corrected chi connectivity index (χ1v) is 11.5. The third-order valence-corrected chi connectivity index (χ3v) is 5.75. The van der Waals surface area contributed by atoms with Gasteiger partial charge >= 0.3 is 0 Å².